The van der Waals surface area contributed by atoms with Gasteiger partial charge in [0.05, 0.1) is 6.67 Å². The van der Waals surface area contributed by atoms with Gasteiger partial charge in [-0.2, -0.15) is 0 Å². The summed E-state index contributed by atoms with van der Waals surface area (Å²) < 4.78 is 0. The van der Waals surface area contributed by atoms with E-state index in [0.29, 0.717) is 6.42 Å². The predicted octanol–water partition coefficient (Wildman–Crippen LogP) is -0.325. The third kappa shape index (κ3) is 2.92. The number of hydrogen-bond donors (Lipinski definition) is 3. The minimum absolute atomic E-state index is 0.0545. The van der Waals surface area contributed by atoms with E-state index in [4.69, 9.17) is 5.73 Å². The first-order valence-corrected chi connectivity index (χ1v) is 4.10. The van der Waals surface area contributed by atoms with Crippen molar-refractivity contribution < 1.29 is 4.79 Å². The van der Waals surface area contributed by atoms with E-state index >= 15 is 0 Å². The first-order chi connectivity index (χ1) is 5.68. The molecule has 0 aromatic heterocycles. The van der Waals surface area contributed by atoms with Gasteiger partial charge < -0.3 is 16.4 Å². The number of carbonyl (C=O) groups is 1. The van der Waals surface area contributed by atoms with E-state index in [1.54, 1.807) is 6.92 Å². The summed E-state index contributed by atoms with van der Waals surface area (Å²) in [6.45, 7) is 2.33. The van der Waals surface area contributed by atoms with E-state index in [1.807, 2.05) is 6.20 Å². The lowest BCUT2D eigenvalue weighted by Gasteiger charge is -2.09. The monoisotopic (exact) mass is 169 g/mol. The van der Waals surface area contributed by atoms with E-state index in [9.17, 15) is 4.79 Å². The van der Waals surface area contributed by atoms with Gasteiger partial charge in [-0.3, -0.25) is 4.79 Å². The summed E-state index contributed by atoms with van der Waals surface area (Å²) in [6.07, 6.45) is 3.10. The molecule has 68 valence electrons. The Hall–Kier alpha value is -1.03. The molecule has 0 bridgehead atoms. The molecule has 0 fully saturated rings. The van der Waals surface area contributed by atoms with Gasteiger partial charge in [0.15, 0.2) is 0 Å². The summed E-state index contributed by atoms with van der Waals surface area (Å²) in [5.41, 5.74) is 6.81. The van der Waals surface area contributed by atoms with Gasteiger partial charge in [0.2, 0.25) is 0 Å². The highest BCUT2D eigenvalue weighted by atomic mass is 16.1. The van der Waals surface area contributed by atoms with Gasteiger partial charge in [-0.25, -0.2) is 0 Å². The highest BCUT2D eigenvalue weighted by molar-refractivity contribution is 5.76. The van der Waals surface area contributed by atoms with E-state index in [-0.39, 0.29) is 11.8 Å². The van der Waals surface area contributed by atoms with Crippen molar-refractivity contribution in [2.24, 2.45) is 5.73 Å². The van der Waals surface area contributed by atoms with Crippen LogP contribution in [-0.2, 0) is 4.79 Å². The molecule has 4 nitrogen and oxygen atoms in total. The fourth-order valence-electron chi connectivity index (χ4n) is 1.24. The van der Waals surface area contributed by atoms with Crippen LogP contribution in [0.3, 0.4) is 0 Å². The van der Waals surface area contributed by atoms with Crippen molar-refractivity contribution in [1.82, 2.24) is 10.6 Å². The number of rotatable bonds is 4. The Morgan fingerprint density at radius 1 is 1.83 bits per heavy atom. The molecule has 4 heteroatoms. The first kappa shape index (κ1) is 9.06. The number of Topliss-reactive ketones (excluding diaryl/α,β-unsaturated/α-hetero) is 1. The van der Waals surface area contributed by atoms with Gasteiger partial charge in [-0.1, -0.05) is 0 Å². The zero-order chi connectivity index (χ0) is 8.97. The zero-order valence-corrected chi connectivity index (χ0v) is 7.26. The molecule has 0 aromatic rings. The van der Waals surface area contributed by atoms with Crippen LogP contribution in [-0.4, -0.2) is 18.5 Å². The van der Waals surface area contributed by atoms with Crippen molar-refractivity contribution in [3.63, 3.8) is 0 Å². The molecular weight excluding hydrogens is 154 g/mol. The SMILES string of the molecule is CC(=O)CC(N)CC1=CNCN1. The third-order valence-electron chi connectivity index (χ3n) is 1.73. The second kappa shape index (κ2) is 4.11. The molecule has 1 unspecified atom stereocenters. The normalized spacial score (nSPS) is 17.7. The maximum Gasteiger partial charge on any atom is 0.131 e. The Labute approximate surface area is 72.2 Å². The van der Waals surface area contributed by atoms with Crippen LogP contribution >= 0.6 is 0 Å². The van der Waals surface area contributed by atoms with Crippen molar-refractivity contribution >= 4 is 5.78 Å². The first-order valence-electron chi connectivity index (χ1n) is 4.10. The molecule has 0 aliphatic carbocycles. The largest absolute Gasteiger partial charge is 0.372 e. The van der Waals surface area contributed by atoms with Crippen LogP contribution in [0.5, 0.6) is 0 Å². The van der Waals surface area contributed by atoms with Crippen molar-refractivity contribution in [3.05, 3.63) is 11.9 Å². The molecule has 4 N–H and O–H groups in total. The summed E-state index contributed by atoms with van der Waals surface area (Å²) in [5.74, 6) is 0.147. The molecule has 0 saturated heterocycles. The standard InChI is InChI=1S/C8H15N3O/c1-6(12)2-7(9)3-8-4-10-5-11-8/h4,7,10-11H,2-3,5,9H2,1H3. The molecule has 1 atom stereocenters. The quantitative estimate of drug-likeness (QED) is 0.539. The topological polar surface area (TPSA) is 67.2 Å². The fraction of sp³-hybridized carbons (Fsp3) is 0.625. The van der Waals surface area contributed by atoms with Gasteiger partial charge >= 0.3 is 0 Å². The fourth-order valence-corrected chi connectivity index (χ4v) is 1.24. The summed E-state index contributed by atoms with van der Waals surface area (Å²) >= 11 is 0. The molecule has 0 aromatic carbocycles. The maximum absolute atomic E-state index is 10.7. The van der Waals surface area contributed by atoms with Gasteiger partial charge in [-0.15, -0.1) is 0 Å². The highest BCUT2D eigenvalue weighted by Gasteiger charge is 2.10. The maximum atomic E-state index is 10.7. The van der Waals surface area contributed by atoms with Gasteiger partial charge in [-0.05, 0) is 6.92 Å². The molecule has 1 aliphatic heterocycles. The van der Waals surface area contributed by atoms with Crippen molar-refractivity contribution in [2.75, 3.05) is 6.67 Å². The summed E-state index contributed by atoms with van der Waals surface area (Å²) in [7, 11) is 0. The molecule has 0 radical (unpaired) electrons. The second-order valence-electron chi connectivity index (χ2n) is 3.10. The predicted molar refractivity (Wildman–Crippen MR) is 47.1 cm³/mol. The lowest BCUT2D eigenvalue weighted by atomic mass is 10.1. The minimum Gasteiger partial charge on any atom is -0.372 e. The van der Waals surface area contributed by atoms with Crippen LogP contribution in [0.2, 0.25) is 0 Å². The van der Waals surface area contributed by atoms with Crippen molar-refractivity contribution in [1.29, 1.82) is 0 Å². The molecule has 1 heterocycles. The average Bonchev–Trinajstić information content (AvgIpc) is 2.37. The highest BCUT2D eigenvalue weighted by Crippen LogP contribution is 2.05. The average molecular weight is 169 g/mol. The molecule has 1 aliphatic rings. The van der Waals surface area contributed by atoms with E-state index in [0.717, 1.165) is 18.8 Å². The van der Waals surface area contributed by atoms with E-state index < -0.39 is 0 Å². The van der Waals surface area contributed by atoms with Crippen molar-refractivity contribution in [3.8, 4) is 0 Å². The number of hydrogen-bond acceptors (Lipinski definition) is 4. The van der Waals surface area contributed by atoms with Gasteiger partial charge in [0.25, 0.3) is 0 Å². The third-order valence-corrected chi connectivity index (χ3v) is 1.73. The molecule has 0 amide bonds. The molecule has 1 rings (SSSR count). The second-order valence-corrected chi connectivity index (χ2v) is 3.10. The van der Waals surface area contributed by atoms with Crippen molar-refractivity contribution in [2.45, 2.75) is 25.8 Å². The molecule has 0 saturated carbocycles. The molecule has 12 heavy (non-hydrogen) atoms. The number of nitrogens with one attached hydrogen (secondary N) is 2. The number of nitrogens with two attached hydrogens (primary N) is 1. The van der Waals surface area contributed by atoms with E-state index in [1.165, 1.54) is 0 Å². The smallest absolute Gasteiger partial charge is 0.131 e. The van der Waals surface area contributed by atoms with Crippen LogP contribution in [0.1, 0.15) is 19.8 Å². The summed E-state index contributed by atoms with van der Waals surface area (Å²) in [6, 6.07) is -0.0545. The van der Waals surface area contributed by atoms with Crippen LogP contribution in [0.15, 0.2) is 11.9 Å². The van der Waals surface area contributed by atoms with Gasteiger partial charge in [0.1, 0.15) is 5.78 Å². The number of carbonyl (C=O) groups excluding carboxylic acids is 1. The van der Waals surface area contributed by atoms with Crippen LogP contribution in [0, 0.1) is 0 Å². The Morgan fingerprint density at radius 3 is 3.08 bits per heavy atom. The summed E-state index contributed by atoms with van der Waals surface area (Å²) in [5, 5.41) is 6.14. The Kier molecular flexibility index (Phi) is 3.10. The van der Waals surface area contributed by atoms with Crippen LogP contribution < -0.4 is 16.4 Å². The van der Waals surface area contributed by atoms with Crippen LogP contribution in [0.25, 0.3) is 0 Å². The Balaban J connectivity index is 2.25. The Bertz CT molecular complexity index is 200. The lowest BCUT2D eigenvalue weighted by Crippen LogP contribution is -2.26. The zero-order valence-electron chi connectivity index (χ0n) is 7.26. The number of ketones is 1. The minimum atomic E-state index is -0.0545. The van der Waals surface area contributed by atoms with E-state index in [2.05, 4.69) is 10.6 Å². The van der Waals surface area contributed by atoms with Gasteiger partial charge in [0, 0.05) is 30.8 Å². The lowest BCUT2D eigenvalue weighted by molar-refractivity contribution is -0.117. The molecule has 0 spiro atoms. The van der Waals surface area contributed by atoms with Crippen LogP contribution in [0.4, 0.5) is 0 Å². The summed E-state index contributed by atoms with van der Waals surface area (Å²) in [4.78, 5) is 10.7. The molecular formula is C8H15N3O. The Morgan fingerprint density at radius 2 is 2.58 bits per heavy atom.